The van der Waals surface area contributed by atoms with Crippen LogP contribution >= 0.6 is 0 Å². The lowest BCUT2D eigenvalue weighted by Crippen LogP contribution is -2.41. The van der Waals surface area contributed by atoms with Crippen molar-refractivity contribution in [1.29, 1.82) is 0 Å². The Bertz CT molecular complexity index is 653. The van der Waals surface area contributed by atoms with Crippen molar-refractivity contribution < 1.29 is 33.3 Å². The van der Waals surface area contributed by atoms with Crippen molar-refractivity contribution in [2.45, 2.75) is 37.7 Å². The average Bonchev–Trinajstić information content (AvgIpc) is 2.76. The first kappa shape index (κ1) is 18.2. The van der Waals surface area contributed by atoms with Crippen molar-refractivity contribution in [2.24, 2.45) is 0 Å². The molecule has 1 amide bonds. The normalized spacial score (nSPS) is 25.5. The molecule has 1 aliphatic heterocycles. The number of carbonyl (C=O) groups excluding carboxylic acids is 1. The van der Waals surface area contributed by atoms with Crippen molar-refractivity contribution in [1.82, 2.24) is 9.55 Å². The maximum atomic E-state index is 14.0. The molecule has 2 rings (SSSR count). The van der Waals surface area contributed by atoms with Gasteiger partial charge >= 0.3 is 17.7 Å². The first-order valence-electron chi connectivity index (χ1n) is 7.16. The van der Waals surface area contributed by atoms with Gasteiger partial charge in [0, 0.05) is 6.20 Å². The molecule has 2 heterocycles. The number of ether oxygens (including phenoxy) is 2. The predicted molar refractivity (Wildman–Crippen MR) is 75.7 cm³/mol. The van der Waals surface area contributed by atoms with Gasteiger partial charge < -0.3 is 19.7 Å². The fraction of sp³-hybridized carbons (Fsp3) is 0.615. The van der Waals surface area contributed by atoms with Crippen LogP contribution in [0.3, 0.4) is 0 Å². The lowest BCUT2D eigenvalue weighted by atomic mass is 10.1. The summed E-state index contributed by atoms with van der Waals surface area (Å²) in [6.07, 6.45) is -5.20. The molecule has 9 nitrogen and oxygen atoms in total. The summed E-state index contributed by atoms with van der Waals surface area (Å²) in [5.74, 6) is -3.98. The summed E-state index contributed by atoms with van der Waals surface area (Å²) in [6, 6.07) is 1.10. The third-order valence-electron chi connectivity index (χ3n) is 3.31. The minimum Gasteiger partial charge on any atom is -0.449 e. The number of hydrogen-bond acceptors (Lipinski definition) is 7. The number of aliphatic hydroxyl groups is 2. The van der Waals surface area contributed by atoms with Crippen LogP contribution in [0.15, 0.2) is 17.1 Å². The zero-order valence-electron chi connectivity index (χ0n) is 12.7. The largest absolute Gasteiger partial charge is 0.449 e. The van der Waals surface area contributed by atoms with E-state index in [1.165, 1.54) is 0 Å². The highest BCUT2D eigenvalue weighted by molar-refractivity contribution is 5.83. The first-order chi connectivity index (χ1) is 11.3. The van der Waals surface area contributed by atoms with Crippen LogP contribution in [0.1, 0.15) is 19.6 Å². The van der Waals surface area contributed by atoms with E-state index in [0.717, 1.165) is 12.3 Å². The van der Waals surface area contributed by atoms with Crippen LogP contribution in [0.5, 0.6) is 0 Å². The number of aliphatic hydroxyl groups excluding tert-OH is 2. The number of alkyl halides is 2. The molecule has 24 heavy (non-hydrogen) atoms. The number of carbonyl (C=O) groups is 1. The number of rotatable bonds is 5. The van der Waals surface area contributed by atoms with Crippen LogP contribution in [0.2, 0.25) is 0 Å². The van der Waals surface area contributed by atoms with E-state index in [0.29, 0.717) is 11.0 Å². The van der Waals surface area contributed by atoms with E-state index >= 15 is 0 Å². The molecule has 0 saturated carbocycles. The van der Waals surface area contributed by atoms with E-state index in [1.54, 1.807) is 6.92 Å². The van der Waals surface area contributed by atoms with Crippen molar-refractivity contribution in [3.63, 3.8) is 0 Å². The number of halogens is 2. The highest BCUT2D eigenvalue weighted by Gasteiger charge is 2.59. The highest BCUT2D eigenvalue weighted by Crippen LogP contribution is 2.41. The predicted octanol–water partition coefficient (Wildman–Crippen LogP) is 0.0877. The van der Waals surface area contributed by atoms with Gasteiger partial charge in [-0.1, -0.05) is 6.92 Å². The van der Waals surface area contributed by atoms with Gasteiger partial charge in [0.1, 0.15) is 11.9 Å². The van der Waals surface area contributed by atoms with Gasteiger partial charge in [0.2, 0.25) is 6.23 Å². The van der Waals surface area contributed by atoms with Crippen molar-refractivity contribution >= 4 is 11.9 Å². The third kappa shape index (κ3) is 3.52. The molecule has 1 aliphatic rings. The van der Waals surface area contributed by atoms with E-state index in [2.05, 4.69) is 10.3 Å². The van der Waals surface area contributed by atoms with Crippen LogP contribution < -0.4 is 11.0 Å². The summed E-state index contributed by atoms with van der Waals surface area (Å²) >= 11 is 0. The number of nitrogens with zero attached hydrogens (tertiary/aromatic N) is 2. The summed E-state index contributed by atoms with van der Waals surface area (Å²) in [4.78, 5) is 26.7. The van der Waals surface area contributed by atoms with Crippen LogP contribution in [0.4, 0.5) is 19.4 Å². The molecule has 11 heteroatoms. The Balaban J connectivity index is 2.18. The second kappa shape index (κ2) is 7.20. The maximum absolute atomic E-state index is 14.0. The SMILES string of the molecule is CCCOC(=O)Nc1ccn(C2OC(CO)C(O)C2(F)F)c(=O)n1. The van der Waals surface area contributed by atoms with Crippen LogP contribution in [0, 0.1) is 0 Å². The fourth-order valence-corrected chi connectivity index (χ4v) is 2.11. The van der Waals surface area contributed by atoms with E-state index in [1.807, 2.05) is 0 Å². The van der Waals surface area contributed by atoms with Gasteiger partial charge in [0.25, 0.3) is 0 Å². The third-order valence-corrected chi connectivity index (χ3v) is 3.31. The summed E-state index contributed by atoms with van der Waals surface area (Å²) in [6.45, 7) is 1.13. The summed E-state index contributed by atoms with van der Waals surface area (Å²) in [5.41, 5.74) is -1.13. The molecular formula is C13H17F2N3O6. The molecule has 1 saturated heterocycles. The molecule has 3 N–H and O–H groups in total. The quantitative estimate of drug-likeness (QED) is 0.688. The Hall–Kier alpha value is -2.11. The van der Waals surface area contributed by atoms with E-state index in [-0.39, 0.29) is 12.4 Å². The number of anilines is 1. The molecular weight excluding hydrogens is 332 g/mol. The Morgan fingerprint density at radius 3 is 2.83 bits per heavy atom. The Labute approximate surface area is 134 Å². The minimum atomic E-state index is -3.80. The molecule has 134 valence electrons. The lowest BCUT2D eigenvalue weighted by Gasteiger charge is -2.21. The number of nitrogens with one attached hydrogen (secondary N) is 1. The number of aromatic nitrogens is 2. The summed E-state index contributed by atoms with van der Waals surface area (Å²) in [5, 5.41) is 20.6. The monoisotopic (exact) mass is 349 g/mol. The second-order valence-electron chi connectivity index (χ2n) is 5.09. The van der Waals surface area contributed by atoms with Gasteiger partial charge in [-0.3, -0.25) is 9.88 Å². The van der Waals surface area contributed by atoms with Crippen molar-refractivity contribution in [2.75, 3.05) is 18.5 Å². The average molecular weight is 349 g/mol. The zero-order chi connectivity index (χ0) is 17.9. The van der Waals surface area contributed by atoms with Gasteiger partial charge in [-0.25, -0.2) is 9.59 Å². The van der Waals surface area contributed by atoms with Gasteiger partial charge in [-0.05, 0) is 12.5 Å². The topological polar surface area (TPSA) is 123 Å². The Kier molecular flexibility index (Phi) is 5.47. The van der Waals surface area contributed by atoms with E-state index in [9.17, 15) is 23.5 Å². The van der Waals surface area contributed by atoms with E-state index < -0.39 is 42.7 Å². The Morgan fingerprint density at radius 2 is 2.29 bits per heavy atom. The molecule has 1 fully saturated rings. The van der Waals surface area contributed by atoms with Crippen LogP contribution in [0.25, 0.3) is 0 Å². The first-order valence-corrected chi connectivity index (χ1v) is 7.16. The lowest BCUT2D eigenvalue weighted by molar-refractivity contribution is -0.140. The van der Waals surface area contributed by atoms with Crippen molar-refractivity contribution in [3.05, 3.63) is 22.7 Å². The maximum Gasteiger partial charge on any atom is 0.412 e. The summed E-state index contributed by atoms with van der Waals surface area (Å²) < 4.78 is 38.0. The molecule has 0 spiro atoms. The second-order valence-corrected chi connectivity index (χ2v) is 5.09. The fourth-order valence-electron chi connectivity index (χ4n) is 2.11. The molecule has 0 bridgehead atoms. The van der Waals surface area contributed by atoms with Gasteiger partial charge in [0.15, 0.2) is 6.10 Å². The minimum absolute atomic E-state index is 0.172. The molecule has 1 aromatic heterocycles. The van der Waals surface area contributed by atoms with E-state index in [4.69, 9.17) is 14.6 Å². The molecule has 3 atom stereocenters. The smallest absolute Gasteiger partial charge is 0.412 e. The molecule has 0 aliphatic carbocycles. The molecule has 3 unspecified atom stereocenters. The van der Waals surface area contributed by atoms with Crippen molar-refractivity contribution in [3.8, 4) is 0 Å². The van der Waals surface area contributed by atoms with Gasteiger partial charge in [-0.2, -0.15) is 13.8 Å². The number of hydrogen-bond donors (Lipinski definition) is 3. The van der Waals surface area contributed by atoms with Crippen LogP contribution in [-0.4, -0.2) is 57.2 Å². The van der Waals surface area contributed by atoms with Gasteiger partial charge in [-0.15, -0.1) is 0 Å². The summed E-state index contributed by atoms with van der Waals surface area (Å²) in [7, 11) is 0. The number of amides is 1. The molecule has 0 aromatic carbocycles. The zero-order valence-corrected chi connectivity index (χ0v) is 12.7. The molecule has 0 radical (unpaired) electrons. The molecule has 1 aromatic rings. The Morgan fingerprint density at radius 1 is 1.58 bits per heavy atom. The van der Waals surface area contributed by atoms with Gasteiger partial charge in [0.05, 0.1) is 13.2 Å². The standard InChI is InChI=1S/C13H17F2N3O6/c1-2-5-23-12(22)17-8-3-4-18(11(21)16-8)10-13(14,15)9(20)7(6-19)24-10/h3-4,7,9-10,19-20H,2,5-6H2,1H3,(H,16,17,21,22). The highest BCUT2D eigenvalue weighted by atomic mass is 19.3. The van der Waals surface area contributed by atoms with Crippen LogP contribution in [-0.2, 0) is 9.47 Å².